The van der Waals surface area contributed by atoms with E-state index in [2.05, 4.69) is 22.8 Å². The van der Waals surface area contributed by atoms with Gasteiger partial charge in [0.1, 0.15) is 5.52 Å². The Labute approximate surface area is 159 Å². The lowest BCUT2D eigenvalue weighted by Gasteiger charge is -2.05. The van der Waals surface area contributed by atoms with E-state index < -0.39 is 0 Å². The van der Waals surface area contributed by atoms with Crippen molar-refractivity contribution in [2.45, 2.75) is 19.9 Å². The summed E-state index contributed by atoms with van der Waals surface area (Å²) in [5.74, 6) is 0.573. The molecule has 0 saturated carbocycles. The Morgan fingerprint density at radius 2 is 1.92 bits per heavy atom. The van der Waals surface area contributed by atoms with Crippen LogP contribution in [0.25, 0.3) is 27.8 Å². The van der Waals surface area contributed by atoms with E-state index in [9.17, 15) is 4.79 Å². The van der Waals surface area contributed by atoms with Gasteiger partial charge in [0, 0.05) is 23.5 Å². The monoisotopic (exact) mass is 385 g/mol. The Bertz CT molecular complexity index is 1170. The van der Waals surface area contributed by atoms with Gasteiger partial charge in [-0.15, -0.1) is 10.2 Å². The summed E-state index contributed by atoms with van der Waals surface area (Å²) < 4.78 is 3.29. The number of hydrogen-bond acceptors (Lipinski definition) is 5. The van der Waals surface area contributed by atoms with E-state index in [0.29, 0.717) is 34.0 Å². The number of benzene rings is 1. The van der Waals surface area contributed by atoms with Gasteiger partial charge in [0.2, 0.25) is 0 Å². The lowest BCUT2D eigenvalue weighted by Crippen LogP contribution is -2.22. The van der Waals surface area contributed by atoms with Gasteiger partial charge in [-0.3, -0.25) is 4.79 Å². The van der Waals surface area contributed by atoms with Crippen LogP contribution in [0.15, 0.2) is 41.3 Å². The number of aromatic nitrogens is 5. The molecular weight excluding hydrogens is 370 g/mol. The summed E-state index contributed by atoms with van der Waals surface area (Å²) in [5.41, 5.74) is 4.17. The average Bonchev–Trinajstić information content (AvgIpc) is 3.04. The van der Waals surface area contributed by atoms with E-state index in [1.807, 2.05) is 37.3 Å². The number of hydrogen-bond donors (Lipinski definition) is 1. The third-order valence-corrected chi connectivity index (χ3v) is 4.79. The molecule has 0 aliphatic carbocycles. The highest BCUT2D eigenvalue weighted by Crippen LogP contribution is 2.29. The van der Waals surface area contributed by atoms with E-state index in [0.717, 1.165) is 23.2 Å². The van der Waals surface area contributed by atoms with Gasteiger partial charge in [0.05, 0.1) is 11.3 Å². The van der Waals surface area contributed by atoms with Crippen molar-refractivity contribution in [1.82, 2.24) is 24.4 Å². The van der Waals surface area contributed by atoms with Crippen molar-refractivity contribution in [1.29, 1.82) is 0 Å². The van der Waals surface area contributed by atoms with Crippen LogP contribution < -0.4 is 5.56 Å². The molecule has 0 unspecified atom stereocenters. The fraction of sp³-hybridized carbons (Fsp3) is 0.222. The van der Waals surface area contributed by atoms with Gasteiger partial charge in [-0.05, 0) is 30.2 Å². The molecule has 0 bridgehead atoms. The standard InChI is InChI=1S/C18H16ClN5OS/c1-2-13-15(11-3-5-12(19)6-4-11)17-21-20-16-14(24(17)22-13)7-8-23(9-10-26)18(16)25/h3-8,26H,2,9-10H2,1H3. The fourth-order valence-electron chi connectivity index (χ4n) is 3.07. The molecule has 3 aromatic heterocycles. The fourth-order valence-corrected chi connectivity index (χ4v) is 3.41. The number of aryl methyl sites for hydroxylation is 2. The molecule has 132 valence electrons. The van der Waals surface area contributed by atoms with Crippen molar-refractivity contribution in [2.75, 3.05) is 5.75 Å². The first-order valence-electron chi connectivity index (χ1n) is 8.28. The largest absolute Gasteiger partial charge is 0.313 e. The van der Waals surface area contributed by atoms with E-state index in [1.54, 1.807) is 15.3 Å². The molecule has 0 aliphatic rings. The van der Waals surface area contributed by atoms with E-state index in [1.165, 1.54) is 0 Å². The van der Waals surface area contributed by atoms with Gasteiger partial charge < -0.3 is 4.57 Å². The highest BCUT2D eigenvalue weighted by atomic mass is 35.5. The summed E-state index contributed by atoms with van der Waals surface area (Å²) in [6.45, 7) is 2.56. The van der Waals surface area contributed by atoms with Crippen LogP contribution >= 0.6 is 24.2 Å². The predicted molar refractivity (Wildman–Crippen MR) is 106 cm³/mol. The summed E-state index contributed by atoms with van der Waals surface area (Å²) >= 11 is 10.2. The molecule has 0 amide bonds. The van der Waals surface area contributed by atoms with E-state index >= 15 is 0 Å². The Morgan fingerprint density at radius 1 is 1.15 bits per heavy atom. The summed E-state index contributed by atoms with van der Waals surface area (Å²) in [7, 11) is 0. The molecule has 8 heteroatoms. The summed E-state index contributed by atoms with van der Waals surface area (Å²) in [6, 6.07) is 9.40. The highest BCUT2D eigenvalue weighted by molar-refractivity contribution is 7.80. The Kier molecular flexibility index (Phi) is 4.42. The molecule has 3 heterocycles. The minimum atomic E-state index is -0.187. The first kappa shape index (κ1) is 17.1. The highest BCUT2D eigenvalue weighted by Gasteiger charge is 2.18. The van der Waals surface area contributed by atoms with Crippen molar-refractivity contribution in [3.63, 3.8) is 0 Å². The third-order valence-electron chi connectivity index (χ3n) is 4.33. The van der Waals surface area contributed by atoms with E-state index in [4.69, 9.17) is 16.7 Å². The van der Waals surface area contributed by atoms with Crippen molar-refractivity contribution < 1.29 is 0 Å². The molecule has 0 N–H and O–H groups in total. The summed E-state index contributed by atoms with van der Waals surface area (Å²) in [6.07, 6.45) is 2.48. The Hall–Kier alpha value is -2.38. The smallest absolute Gasteiger partial charge is 0.280 e. The van der Waals surface area contributed by atoms with Gasteiger partial charge in [-0.2, -0.15) is 17.7 Å². The molecule has 0 atom stereocenters. The second-order valence-electron chi connectivity index (χ2n) is 5.89. The molecule has 0 fully saturated rings. The molecule has 26 heavy (non-hydrogen) atoms. The topological polar surface area (TPSA) is 65.1 Å². The summed E-state index contributed by atoms with van der Waals surface area (Å²) in [5, 5.41) is 13.9. The minimum absolute atomic E-state index is 0.187. The zero-order valence-electron chi connectivity index (χ0n) is 14.1. The SMILES string of the molecule is CCc1nn2c(nnc3c(=O)n(CCS)ccc32)c1-c1ccc(Cl)cc1. The Morgan fingerprint density at radius 3 is 2.62 bits per heavy atom. The molecule has 0 radical (unpaired) electrons. The lowest BCUT2D eigenvalue weighted by atomic mass is 10.0. The molecule has 0 spiro atoms. The van der Waals surface area contributed by atoms with Gasteiger partial charge in [0.15, 0.2) is 11.2 Å². The quantitative estimate of drug-likeness (QED) is 0.548. The molecule has 0 aliphatic heterocycles. The molecular formula is C18H16ClN5OS. The second kappa shape index (κ2) is 6.74. The number of fused-ring (bicyclic) bond motifs is 3. The van der Waals surface area contributed by atoms with Crippen molar-refractivity contribution >= 4 is 40.9 Å². The molecule has 6 nitrogen and oxygen atoms in total. The normalized spacial score (nSPS) is 11.5. The van der Waals surface area contributed by atoms with Crippen LogP contribution in [0.3, 0.4) is 0 Å². The van der Waals surface area contributed by atoms with Gasteiger partial charge in [-0.25, -0.2) is 4.52 Å². The van der Waals surface area contributed by atoms with Crippen LogP contribution in [-0.4, -0.2) is 30.1 Å². The van der Waals surface area contributed by atoms with E-state index in [-0.39, 0.29) is 5.56 Å². The second-order valence-corrected chi connectivity index (χ2v) is 6.77. The Balaban J connectivity index is 2.03. The average molecular weight is 386 g/mol. The van der Waals surface area contributed by atoms with Crippen LogP contribution in [0.1, 0.15) is 12.6 Å². The molecule has 1 aromatic carbocycles. The van der Waals surface area contributed by atoms with Gasteiger partial charge in [-0.1, -0.05) is 30.7 Å². The van der Waals surface area contributed by atoms with Crippen LogP contribution in [0, 0.1) is 0 Å². The first-order chi connectivity index (χ1) is 12.6. The lowest BCUT2D eigenvalue weighted by molar-refractivity contribution is 0.738. The number of halogens is 1. The number of nitrogens with zero attached hydrogens (tertiary/aromatic N) is 5. The number of rotatable bonds is 4. The predicted octanol–water partition coefficient (Wildman–Crippen LogP) is 3.25. The van der Waals surface area contributed by atoms with Gasteiger partial charge >= 0.3 is 0 Å². The maximum atomic E-state index is 12.6. The zero-order valence-corrected chi connectivity index (χ0v) is 15.7. The van der Waals surface area contributed by atoms with Crippen molar-refractivity contribution in [3.05, 3.63) is 57.6 Å². The molecule has 0 saturated heterocycles. The third kappa shape index (κ3) is 2.68. The number of thiol groups is 1. The molecule has 4 aromatic rings. The minimum Gasteiger partial charge on any atom is -0.313 e. The van der Waals surface area contributed by atoms with Crippen molar-refractivity contribution in [2.24, 2.45) is 0 Å². The van der Waals surface area contributed by atoms with Crippen LogP contribution in [0.4, 0.5) is 0 Å². The van der Waals surface area contributed by atoms with Crippen LogP contribution in [0.5, 0.6) is 0 Å². The maximum absolute atomic E-state index is 12.6. The summed E-state index contributed by atoms with van der Waals surface area (Å²) in [4.78, 5) is 12.6. The first-order valence-corrected chi connectivity index (χ1v) is 9.29. The van der Waals surface area contributed by atoms with Crippen LogP contribution in [-0.2, 0) is 13.0 Å². The number of pyridine rings is 1. The maximum Gasteiger partial charge on any atom is 0.280 e. The zero-order chi connectivity index (χ0) is 18.3. The van der Waals surface area contributed by atoms with Crippen molar-refractivity contribution in [3.8, 4) is 11.1 Å². The van der Waals surface area contributed by atoms with Gasteiger partial charge in [0.25, 0.3) is 5.56 Å². The molecule has 4 rings (SSSR count). The van der Waals surface area contributed by atoms with Crippen LogP contribution in [0.2, 0.25) is 5.02 Å².